The first-order valence-corrected chi connectivity index (χ1v) is 8.23. The van der Waals surface area contributed by atoms with Gasteiger partial charge in [0.25, 0.3) is 0 Å². The molecule has 136 valence electrons. The number of nitrogens with one attached hydrogen (secondary N) is 2. The number of carbonyl (C=O) groups excluding carboxylic acids is 1. The van der Waals surface area contributed by atoms with Crippen molar-refractivity contribution in [3.63, 3.8) is 0 Å². The van der Waals surface area contributed by atoms with Gasteiger partial charge in [0, 0.05) is 24.9 Å². The zero-order valence-electron chi connectivity index (χ0n) is 14.4. The highest BCUT2D eigenvalue weighted by Gasteiger charge is 2.08. The third-order valence-electron chi connectivity index (χ3n) is 3.52. The van der Waals surface area contributed by atoms with Gasteiger partial charge in [-0.1, -0.05) is 0 Å². The average molecular weight is 356 g/mol. The second-order valence-corrected chi connectivity index (χ2v) is 5.45. The second kappa shape index (κ2) is 9.22. The molecule has 1 aromatic heterocycles. The fraction of sp³-hybridized carbons (Fsp3) is 0.333. The van der Waals surface area contributed by atoms with E-state index >= 15 is 0 Å². The van der Waals surface area contributed by atoms with Crippen molar-refractivity contribution < 1.29 is 19.4 Å². The number of nitriles is 1. The molecule has 0 saturated heterocycles. The van der Waals surface area contributed by atoms with Gasteiger partial charge in [-0.05, 0) is 31.2 Å². The molecular formula is C18H20N4O4. The smallest absolute Gasteiger partial charge is 0.303 e. The zero-order valence-corrected chi connectivity index (χ0v) is 14.4. The van der Waals surface area contributed by atoms with Gasteiger partial charge in [-0.15, -0.1) is 0 Å². The van der Waals surface area contributed by atoms with Gasteiger partial charge >= 0.3 is 5.97 Å². The number of aliphatic carboxylic acids is 1. The number of hydrogen-bond donors (Lipinski definition) is 3. The van der Waals surface area contributed by atoms with E-state index < -0.39 is 5.97 Å². The fourth-order valence-corrected chi connectivity index (χ4v) is 2.32. The molecule has 0 aliphatic carbocycles. The molecule has 8 nitrogen and oxygen atoms in total. The van der Waals surface area contributed by atoms with Crippen LogP contribution in [0.1, 0.15) is 25.3 Å². The molecule has 2 rings (SSSR count). The van der Waals surface area contributed by atoms with Crippen LogP contribution in [0.4, 0.5) is 5.82 Å². The summed E-state index contributed by atoms with van der Waals surface area (Å²) in [4.78, 5) is 26.3. The third kappa shape index (κ3) is 5.34. The molecule has 0 spiro atoms. The molecule has 8 heteroatoms. The van der Waals surface area contributed by atoms with E-state index in [0.29, 0.717) is 31.1 Å². The Morgan fingerprint density at radius 1 is 1.27 bits per heavy atom. The highest BCUT2D eigenvalue weighted by Crippen LogP contribution is 2.24. The third-order valence-corrected chi connectivity index (χ3v) is 3.52. The summed E-state index contributed by atoms with van der Waals surface area (Å²) < 4.78 is 5.45. The fourth-order valence-electron chi connectivity index (χ4n) is 2.32. The molecule has 0 aliphatic rings. The second-order valence-electron chi connectivity index (χ2n) is 5.45. The van der Waals surface area contributed by atoms with E-state index in [1.807, 2.05) is 25.1 Å². The van der Waals surface area contributed by atoms with Crippen LogP contribution >= 0.6 is 0 Å². The molecule has 2 aromatic rings. The maximum atomic E-state index is 11.5. The number of nitrogens with zero attached hydrogens (tertiary/aromatic N) is 2. The van der Waals surface area contributed by atoms with Crippen LogP contribution in [-0.4, -0.2) is 41.7 Å². The Morgan fingerprint density at radius 2 is 2.08 bits per heavy atom. The van der Waals surface area contributed by atoms with Crippen LogP contribution in [-0.2, 0) is 9.59 Å². The quantitative estimate of drug-likeness (QED) is 0.586. The molecule has 0 saturated carbocycles. The van der Waals surface area contributed by atoms with Crippen molar-refractivity contribution in [1.29, 1.82) is 5.26 Å². The van der Waals surface area contributed by atoms with Crippen LogP contribution in [0, 0.1) is 11.3 Å². The first-order chi connectivity index (χ1) is 12.5. The van der Waals surface area contributed by atoms with E-state index in [1.54, 1.807) is 6.07 Å². The first kappa shape index (κ1) is 19.0. The summed E-state index contributed by atoms with van der Waals surface area (Å²) in [5.74, 6) is -0.186. The van der Waals surface area contributed by atoms with Gasteiger partial charge in [0.05, 0.1) is 24.1 Å². The molecule has 0 bridgehead atoms. The number of benzene rings is 1. The minimum atomic E-state index is -1.01. The zero-order chi connectivity index (χ0) is 18.9. The van der Waals surface area contributed by atoms with Crippen molar-refractivity contribution in [1.82, 2.24) is 10.3 Å². The largest absolute Gasteiger partial charge is 0.494 e. The van der Waals surface area contributed by atoms with Crippen molar-refractivity contribution >= 4 is 28.6 Å². The van der Waals surface area contributed by atoms with Crippen molar-refractivity contribution in [3.05, 3.63) is 29.8 Å². The molecule has 1 aromatic carbocycles. The van der Waals surface area contributed by atoms with Crippen molar-refractivity contribution in [2.24, 2.45) is 0 Å². The lowest BCUT2D eigenvalue weighted by Gasteiger charge is -2.10. The number of carbonyl (C=O) groups is 2. The van der Waals surface area contributed by atoms with E-state index in [0.717, 1.165) is 16.7 Å². The molecule has 26 heavy (non-hydrogen) atoms. The van der Waals surface area contributed by atoms with Crippen LogP contribution in [0.15, 0.2) is 24.3 Å². The Hall–Kier alpha value is -3.34. The highest BCUT2D eigenvalue weighted by atomic mass is 16.5. The van der Waals surface area contributed by atoms with Gasteiger partial charge < -0.3 is 20.5 Å². The topological polar surface area (TPSA) is 124 Å². The van der Waals surface area contributed by atoms with Gasteiger partial charge in [-0.2, -0.15) is 5.26 Å². The van der Waals surface area contributed by atoms with Crippen molar-refractivity contribution in [3.8, 4) is 11.8 Å². The summed E-state index contributed by atoms with van der Waals surface area (Å²) in [7, 11) is 0. The number of anilines is 1. The molecule has 3 N–H and O–H groups in total. The van der Waals surface area contributed by atoms with E-state index in [-0.39, 0.29) is 18.7 Å². The van der Waals surface area contributed by atoms with E-state index in [2.05, 4.69) is 21.7 Å². The minimum absolute atomic E-state index is 0.0603. The Balaban J connectivity index is 1.98. The summed E-state index contributed by atoms with van der Waals surface area (Å²) in [5, 5.41) is 24.3. The molecular weight excluding hydrogens is 336 g/mol. The van der Waals surface area contributed by atoms with E-state index in [9.17, 15) is 14.9 Å². The maximum Gasteiger partial charge on any atom is 0.303 e. The number of carboxylic acids is 1. The van der Waals surface area contributed by atoms with Crippen LogP contribution < -0.4 is 15.4 Å². The van der Waals surface area contributed by atoms with Crippen molar-refractivity contribution in [2.45, 2.75) is 19.8 Å². The number of aromatic nitrogens is 1. The number of carboxylic acid groups (broad SMARTS) is 1. The average Bonchev–Trinajstić information content (AvgIpc) is 2.63. The Kier molecular flexibility index (Phi) is 6.74. The van der Waals surface area contributed by atoms with Crippen LogP contribution in [0.3, 0.4) is 0 Å². The lowest BCUT2D eigenvalue weighted by molar-refractivity contribution is -0.138. The van der Waals surface area contributed by atoms with Gasteiger partial charge in [0.2, 0.25) is 5.91 Å². The minimum Gasteiger partial charge on any atom is -0.494 e. The van der Waals surface area contributed by atoms with E-state index in [4.69, 9.17) is 9.84 Å². The first-order valence-electron chi connectivity index (χ1n) is 8.23. The number of pyridine rings is 1. The monoisotopic (exact) mass is 356 g/mol. The predicted octanol–water partition coefficient (Wildman–Crippen LogP) is 1.90. The summed E-state index contributed by atoms with van der Waals surface area (Å²) in [6.07, 6.45) is -0.261. The number of rotatable bonds is 9. The van der Waals surface area contributed by atoms with Crippen LogP contribution in [0.5, 0.6) is 5.75 Å². The van der Waals surface area contributed by atoms with E-state index in [1.165, 1.54) is 0 Å². The number of ether oxygens (including phenoxy) is 1. The standard InChI is InChI=1S/C18H20N4O4/c1-2-26-14-3-4-15-12(10-14)9-13(11-19)18(22-15)21-8-7-20-16(23)5-6-17(24)25/h3-4,9-10H,2,5-8H2,1H3,(H,20,23)(H,21,22)(H,24,25). The SMILES string of the molecule is CCOc1ccc2nc(NCCNC(=O)CCC(=O)O)c(C#N)cc2c1. The molecule has 0 fully saturated rings. The molecule has 1 amide bonds. The molecule has 0 radical (unpaired) electrons. The normalized spacial score (nSPS) is 10.2. The van der Waals surface area contributed by atoms with Gasteiger partial charge in [0.15, 0.2) is 0 Å². The highest BCUT2D eigenvalue weighted by molar-refractivity contribution is 5.84. The summed E-state index contributed by atoms with van der Waals surface area (Å²) in [5.41, 5.74) is 1.11. The molecule has 0 atom stereocenters. The summed E-state index contributed by atoms with van der Waals surface area (Å²) in [6, 6.07) is 9.31. The number of amides is 1. The summed E-state index contributed by atoms with van der Waals surface area (Å²) in [6.45, 7) is 3.12. The lowest BCUT2D eigenvalue weighted by Crippen LogP contribution is -2.29. The van der Waals surface area contributed by atoms with Gasteiger partial charge in [-0.3, -0.25) is 9.59 Å². The molecule has 0 aliphatic heterocycles. The van der Waals surface area contributed by atoms with Gasteiger partial charge in [0.1, 0.15) is 17.6 Å². The van der Waals surface area contributed by atoms with Crippen LogP contribution in [0.25, 0.3) is 10.9 Å². The predicted molar refractivity (Wildman–Crippen MR) is 96.0 cm³/mol. The Bertz CT molecular complexity index is 845. The van der Waals surface area contributed by atoms with Gasteiger partial charge in [-0.25, -0.2) is 4.98 Å². The molecule has 1 heterocycles. The lowest BCUT2D eigenvalue weighted by atomic mass is 10.1. The Labute approximate surface area is 150 Å². The number of fused-ring (bicyclic) bond motifs is 1. The number of hydrogen-bond acceptors (Lipinski definition) is 6. The maximum absolute atomic E-state index is 11.5. The summed E-state index contributed by atoms with van der Waals surface area (Å²) >= 11 is 0. The Morgan fingerprint density at radius 3 is 2.77 bits per heavy atom. The molecule has 0 unspecified atom stereocenters. The van der Waals surface area contributed by atoms with Crippen LogP contribution in [0.2, 0.25) is 0 Å². The van der Waals surface area contributed by atoms with Crippen molar-refractivity contribution in [2.75, 3.05) is 25.0 Å².